The maximum absolute atomic E-state index is 12.5. The second kappa shape index (κ2) is 5.05. The molecule has 4 saturated carbocycles. The zero-order chi connectivity index (χ0) is 16.5. The number of methoxy groups -OCH3 is 1. The third-order valence-corrected chi connectivity index (χ3v) is 8.84. The minimum atomic E-state index is -0.207. The molecule has 0 aromatic rings. The first-order chi connectivity index (χ1) is 10.9. The molecule has 0 unspecified atom stereocenters. The van der Waals surface area contributed by atoms with E-state index in [4.69, 9.17) is 4.74 Å². The van der Waals surface area contributed by atoms with Gasteiger partial charge in [0.15, 0.2) is 0 Å². The van der Waals surface area contributed by atoms with Crippen LogP contribution in [0.15, 0.2) is 0 Å². The van der Waals surface area contributed by atoms with Crippen molar-refractivity contribution in [2.45, 2.75) is 83.3 Å². The molecule has 0 radical (unpaired) electrons. The molecular formula is C20H32O3. The first-order valence-electron chi connectivity index (χ1n) is 9.63. The fourth-order valence-electron chi connectivity index (χ4n) is 7.39. The molecule has 0 amide bonds. The standard InChI is InChI=1S/C20H32O3/c1-18-9-8-16-14(15(18)4-5-17(18)22)7-11-20(23-3)12-13(21)6-10-19(16,20)2/h13-16,21H,4-12H2,1-3H3/t13-,14+,15+,16+,18+,19-,20+/m1/s1. The number of hydrogen-bond donors (Lipinski definition) is 1. The van der Waals surface area contributed by atoms with Gasteiger partial charge in [0.05, 0.1) is 11.7 Å². The quantitative estimate of drug-likeness (QED) is 0.801. The summed E-state index contributed by atoms with van der Waals surface area (Å²) in [7, 11) is 1.85. The SMILES string of the molecule is CO[C@]12CC[C@H]3[C@@H]4CCC(=O)[C@@]4(C)CC[C@@H]3[C@@]1(C)CC[C@@H](O)C2. The second-order valence-corrected chi connectivity index (χ2v) is 9.35. The maximum atomic E-state index is 12.5. The average molecular weight is 320 g/mol. The Labute approximate surface area is 140 Å². The van der Waals surface area contributed by atoms with E-state index in [2.05, 4.69) is 13.8 Å². The lowest BCUT2D eigenvalue weighted by atomic mass is 9.43. The van der Waals surface area contributed by atoms with Gasteiger partial charge in [0.1, 0.15) is 5.78 Å². The molecule has 23 heavy (non-hydrogen) atoms. The van der Waals surface area contributed by atoms with Gasteiger partial charge < -0.3 is 9.84 Å². The van der Waals surface area contributed by atoms with Crippen molar-refractivity contribution >= 4 is 5.78 Å². The zero-order valence-electron chi connectivity index (χ0n) is 14.9. The minimum Gasteiger partial charge on any atom is -0.393 e. The Bertz CT molecular complexity index is 517. The number of aliphatic hydroxyl groups excluding tert-OH is 1. The van der Waals surface area contributed by atoms with E-state index in [1.54, 1.807) is 0 Å². The lowest BCUT2D eigenvalue weighted by Crippen LogP contribution is -2.63. The molecule has 3 heteroatoms. The lowest BCUT2D eigenvalue weighted by molar-refractivity contribution is -0.230. The molecule has 0 aromatic carbocycles. The fraction of sp³-hybridized carbons (Fsp3) is 0.950. The number of carbonyl (C=O) groups is 1. The van der Waals surface area contributed by atoms with E-state index in [-0.39, 0.29) is 22.5 Å². The van der Waals surface area contributed by atoms with Gasteiger partial charge in [-0.15, -0.1) is 0 Å². The van der Waals surface area contributed by atoms with E-state index >= 15 is 0 Å². The Hall–Kier alpha value is -0.410. The smallest absolute Gasteiger partial charge is 0.139 e. The molecule has 4 aliphatic carbocycles. The summed E-state index contributed by atoms with van der Waals surface area (Å²) in [6.07, 6.45) is 8.94. The number of ether oxygens (including phenoxy) is 1. The van der Waals surface area contributed by atoms with Crippen molar-refractivity contribution < 1.29 is 14.6 Å². The van der Waals surface area contributed by atoms with Crippen LogP contribution in [-0.4, -0.2) is 29.7 Å². The van der Waals surface area contributed by atoms with Gasteiger partial charge in [-0.05, 0) is 68.1 Å². The summed E-state index contributed by atoms with van der Waals surface area (Å²) in [6.45, 7) is 4.67. The van der Waals surface area contributed by atoms with Crippen LogP contribution in [0.4, 0.5) is 0 Å². The van der Waals surface area contributed by atoms with Crippen molar-refractivity contribution in [2.24, 2.45) is 28.6 Å². The Morgan fingerprint density at radius 2 is 1.83 bits per heavy atom. The Kier molecular flexibility index (Phi) is 3.53. The monoisotopic (exact) mass is 320 g/mol. The number of carbonyl (C=O) groups excluding carboxylic acids is 1. The lowest BCUT2D eigenvalue weighted by Gasteiger charge is -2.64. The highest BCUT2D eigenvalue weighted by atomic mass is 16.5. The van der Waals surface area contributed by atoms with Crippen LogP contribution in [0, 0.1) is 28.6 Å². The summed E-state index contributed by atoms with van der Waals surface area (Å²) in [5, 5.41) is 10.3. The molecule has 0 saturated heterocycles. The first kappa shape index (κ1) is 16.1. The van der Waals surface area contributed by atoms with Gasteiger partial charge in [0, 0.05) is 25.4 Å². The molecule has 0 aromatic heterocycles. The second-order valence-electron chi connectivity index (χ2n) is 9.35. The van der Waals surface area contributed by atoms with Crippen molar-refractivity contribution in [1.82, 2.24) is 0 Å². The number of fused-ring (bicyclic) bond motifs is 5. The predicted octanol–water partition coefficient (Wildman–Crippen LogP) is 3.73. The summed E-state index contributed by atoms with van der Waals surface area (Å²) in [5.74, 6) is 2.46. The van der Waals surface area contributed by atoms with E-state index in [1.165, 1.54) is 12.8 Å². The molecule has 4 aliphatic rings. The normalized spacial score (nSPS) is 55.9. The van der Waals surface area contributed by atoms with Crippen molar-refractivity contribution in [2.75, 3.05) is 7.11 Å². The van der Waals surface area contributed by atoms with E-state index in [0.29, 0.717) is 23.5 Å². The first-order valence-corrected chi connectivity index (χ1v) is 9.63. The molecule has 7 atom stereocenters. The van der Waals surface area contributed by atoms with Gasteiger partial charge in [-0.25, -0.2) is 0 Å². The molecule has 1 N–H and O–H groups in total. The predicted molar refractivity (Wildman–Crippen MR) is 89.0 cm³/mol. The summed E-state index contributed by atoms with van der Waals surface area (Å²) in [4.78, 5) is 12.5. The van der Waals surface area contributed by atoms with Crippen molar-refractivity contribution in [3.63, 3.8) is 0 Å². The van der Waals surface area contributed by atoms with Crippen LogP contribution in [0.5, 0.6) is 0 Å². The highest BCUT2D eigenvalue weighted by Crippen LogP contribution is 2.67. The molecule has 4 fully saturated rings. The van der Waals surface area contributed by atoms with Crippen molar-refractivity contribution in [3.05, 3.63) is 0 Å². The number of rotatable bonds is 1. The summed E-state index contributed by atoms with van der Waals surface area (Å²) >= 11 is 0. The van der Waals surface area contributed by atoms with E-state index < -0.39 is 0 Å². The maximum Gasteiger partial charge on any atom is 0.139 e. The summed E-state index contributed by atoms with van der Waals surface area (Å²) in [5.41, 5.74) is -0.0299. The summed E-state index contributed by atoms with van der Waals surface area (Å²) < 4.78 is 6.14. The number of hydrogen-bond acceptors (Lipinski definition) is 3. The largest absolute Gasteiger partial charge is 0.393 e. The van der Waals surface area contributed by atoms with Gasteiger partial charge in [-0.2, -0.15) is 0 Å². The van der Waals surface area contributed by atoms with Crippen LogP contribution in [0.1, 0.15) is 71.6 Å². The molecule has 0 spiro atoms. The topological polar surface area (TPSA) is 46.5 Å². The van der Waals surface area contributed by atoms with E-state index in [1.807, 2.05) is 7.11 Å². The molecule has 4 rings (SSSR count). The van der Waals surface area contributed by atoms with Crippen molar-refractivity contribution in [1.29, 1.82) is 0 Å². The van der Waals surface area contributed by atoms with E-state index in [9.17, 15) is 9.90 Å². The van der Waals surface area contributed by atoms with Crippen molar-refractivity contribution in [3.8, 4) is 0 Å². The molecular weight excluding hydrogens is 288 g/mol. The van der Waals surface area contributed by atoms with Crippen LogP contribution in [-0.2, 0) is 9.53 Å². The summed E-state index contributed by atoms with van der Waals surface area (Å²) in [6, 6.07) is 0. The molecule has 130 valence electrons. The fourth-order valence-corrected chi connectivity index (χ4v) is 7.39. The third-order valence-electron chi connectivity index (χ3n) is 8.84. The molecule has 0 bridgehead atoms. The third kappa shape index (κ3) is 1.93. The highest BCUT2D eigenvalue weighted by Gasteiger charge is 2.65. The minimum absolute atomic E-state index is 0.0429. The Morgan fingerprint density at radius 1 is 1.04 bits per heavy atom. The molecule has 0 heterocycles. The Balaban J connectivity index is 1.69. The van der Waals surface area contributed by atoms with Crippen LogP contribution in [0.2, 0.25) is 0 Å². The van der Waals surface area contributed by atoms with Gasteiger partial charge in [0.25, 0.3) is 0 Å². The van der Waals surface area contributed by atoms with Gasteiger partial charge in [-0.3, -0.25) is 4.79 Å². The molecule has 0 aliphatic heterocycles. The average Bonchev–Trinajstić information content (AvgIpc) is 2.84. The van der Waals surface area contributed by atoms with Crippen LogP contribution < -0.4 is 0 Å². The van der Waals surface area contributed by atoms with Gasteiger partial charge >= 0.3 is 0 Å². The highest BCUT2D eigenvalue weighted by molar-refractivity contribution is 5.87. The zero-order valence-corrected chi connectivity index (χ0v) is 14.9. The van der Waals surface area contributed by atoms with Gasteiger partial charge in [0.2, 0.25) is 0 Å². The van der Waals surface area contributed by atoms with Crippen LogP contribution in [0.3, 0.4) is 0 Å². The number of aliphatic hydroxyl groups is 1. The van der Waals surface area contributed by atoms with Crippen LogP contribution >= 0.6 is 0 Å². The van der Waals surface area contributed by atoms with E-state index in [0.717, 1.165) is 44.9 Å². The van der Waals surface area contributed by atoms with Crippen LogP contribution in [0.25, 0.3) is 0 Å². The van der Waals surface area contributed by atoms with Gasteiger partial charge in [-0.1, -0.05) is 13.8 Å². The number of ketones is 1. The Morgan fingerprint density at radius 3 is 2.57 bits per heavy atom. The number of Topliss-reactive ketones (excluding diaryl/α,β-unsaturated/α-hetero) is 1. The molecule has 3 nitrogen and oxygen atoms in total.